The van der Waals surface area contributed by atoms with E-state index in [-0.39, 0.29) is 24.1 Å². The van der Waals surface area contributed by atoms with Gasteiger partial charge in [0.15, 0.2) is 0 Å². The Morgan fingerprint density at radius 2 is 1.32 bits per heavy atom. The fourth-order valence-electron chi connectivity index (χ4n) is 8.11. The Hall–Kier alpha value is -2.00. The number of para-hydroxylation sites is 2. The van der Waals surface area contributed by atoms with Crippen LogP contribution in [0.1, 0.15) is 127 Å². The van der Waals surface area contributed by atoms with Crippen molar-refractivity contribution in [1.29, 1.82) is 0 Å². The highest BCUT2D eigenvalue weighted by Crippen LogP contribution is 2.59. The summed E-state index contributed by atoms with van der Waals surface area (Å²) in [6, 6.07) is 24.1. The molecule has 2 aliphatic carbocycles. The first-order valence-electron chi connectivity index (χ1n) is 17.0. The Labute approximate surface area is 270 Å². The van der Waals surface area contributed by atoms with Crippen molar-refractivity contribution in [2.75, 3.05) is 7.05 Å². The van der Waals surface area contributed by atoms with Crippen molar-refractivity contribution in [3.63, 3.8) is 0 Å². The van der Waals surface area contributed by atoms with Gasteiger partial charge in [-0.15, -0.1) is 0 Å². The van der Waals surface area contributed by atoms with E-state index in [1.54, 1.807) is 0 Å². The number of benzene rings is 3. The van der Waals surface area contributed by atoms with Crippen LogP contribution >= 0.6 is 7.92 Å². The number of ether oxygens (including phenoxy) is 1. The molecule has 2 fully saturated rings. The van der Waals surface area contributed by atoms with Gasteiger partial charge in [-0.05, 0) is 63.3 Å². The second-order valence-electron chi connectivity index (χ2n) is 14.8. The van der Waals surface area contributed by atoms with Gasteiger partial charge in [0.2, 0.25) is 0 Å². The Morgan fingerprint density at radius 1 is 0.773 bits per heavy atom. The predicted octanol–water partition coefficient (Wildman–Crippen LogP) is 10.4. The van der Waals surface area contributed by atoms with Gasteiger partial charge in [0.1, 0.15) is 22.5 Å². The summed E-state index contributed by atoms with van der Waals surface area (Å²) in [5.74, 6) is 2.09. The molecule has 1 unspecified atom stereocenters. The van der Waals surface area contributed by atoms with E-state index >= 15 is 0 Å². The van der Waals surface area contributed by atoms with Crippen LogP contribution in [0, 0.1) is 0 Å². The van der Waals surface area contributed by atoms with Gasteiger partial charge >= 0.3 is 0 Å². The van der Waals surface area contributed by atoms with E-state index in [0.717, 1.165) is 33.9 Å². The lowest BCUT2D eigenvalue weighted by Gasteiger charge is -2.43. The predicted molar refractivity (Wildman–Crippen MR) is 189 cm³/mol. The van der Waals surface area contributed by atoms with Gasteiger partial charge in [-0.25, -0.2) is 8.51 Å². The second kappa shape index (κ2) is 13.0. The van der Waals surface area contributed by atoms with Crippen LogP contribution < -0.4 is 10.0 Å². The lowest BCUT2D eigenvalue weighted by atomic mass is 9.74. The molecule has 1 heterocycles. The van der Waals surface area contributed by atoms with Crippen LogP contribution in [0.15, 0.2) is 66.7 Å². The molecule has 3 aliphatic rings. The molecule has 0 saturated heterocycles. The maximum atomic E-state index is 13.9. The summed E-state index contributed by atoms with van der Waals surface area (Å²) in [7, 11) is 0.467. The van der Waals surface area contributed by atoms with Gasteiger partial charge in [-0.3, -0.25) is 0 Å². The molecule has 3 nitrogen and oxygen atoms in total. The van der Waals surface area contributed by atoms with E-state index in [9.17, 15) is 4.21 Å². The van der Waals surface area contributed by atoms with E-state index in [1.165, 1.54) is 80.6 Å². The summed E-state index contributed by atoms with van der Waals surface area (Å²) >= 11 is 0. The summed E-state index contributed by atoms with van der Waals surface area (Å²) in [6.07, 6.45) is 13.8. The molecule has 0 amide bonds. The van der Waals surface area contributed by atoms with Gasteiger partial charge in [0.25, 0.3) is 0 Å². The molecule has 0 radical (unpaired) electrons. The molecular weight excluding hydrogens is 577 g/mol. The quantitative estimate of drug-likeness (QED) is 0.243. The zero-order chi connectivity index (χ0) is 31.1. The second-order valence-corrected chi connectivity index (χ2v) is 19.9. The number of hydrogen-bond acceptors (Lipinski definition) is 2. The average Bonchev–Trinajstić information content (AvgIpc) is 3.03. The first-order chi connectivity index (χ1) is 21.1. The van der Waals surface area contributed by atoms with Crippen LogP contribution in [0.4, 0.5) is 0 Å². The molecule has 236 valence electrons. The Balaban J connectivity index is 1.51. The summed E-state index contributed by atoms with van der Waals surface area (Å²) in [6.45, 7) is 10.9. The largest absolute Gasteiger partial charge is 0.456 e. The summed E-state index contributed by atoms with van der Waals surface area (Å²) in [5, 5.41) is 1.51. The molecule has 0 spiro atoms. The zero-order valence-electron chi connectivity index (χ0n) is 27.8. The highest BCUT2D eigenvalue weighted by atomic mass is 32.2. The van der Waals surface area contributed by atoms with E-state index in [4.69, 9.17) is 4.74 Å². The molecule has 0 bridgehead atoms. The third-order valence-corrected chi connectivity index (χ3v) is 15.7. The zero-order valence-corrected chi connectivity index (χ0v) is 29.5. The molecule has 1 aliphatic heterocycles. The molecule has 3 aromatic rings. The normalized spacial score (nSPS) is 20.5. The van der Waals surface area contributed by atoms with Crippen molar-refractivity contribution in [3.05, 3.63) is 89.0 Å². The molecule has 5 heteroatoms. The number of rotatable bonds is 7. The maximum Gasteiger partial charge on any atom is 0.139 e. The minimum absolute atomic E-state index is 0.200. The Bertz CT molecular complexity index is 1450. The van der Waals surface area contributed by atoms with Crippen molar-refractivity contribution in [1.82, 2.24) is 4.31 Å². The van der Waals surface area contributed by atoms with Gasteiger partial charge < -0.3 is 4.74 Å². The van der Waals surface area contributed by atoms with Gasteiger partial charge in [-0.2, -0.15) is 0 Å². The fraction of sp³-hybridized carbons (Fsp3) is 0.538. The van der Waals surface area contributed by atoms with Crippen LogP contribution in [0.2, 0.25) is 0 Å². The molecule has 44 heavy (non-hydrogen) atoms. The van der Waals surface area contributed by atoms with E-state index in [0.29, 0.717) is 0 Å². The fourth-order valence-corrected chi connectivity index (χ4v) is 13.3. The number of fused-ring (bicyclic) bond motifs is 2. The Morgan fingerprint density at radius 3 is 1.89 bits per heavy atom. The van der Waals surface area contributed by atoms with Crippen LogP contribution in [-0.4, -0.2) is 31.6 Å². The molecular formula is C39H52NO2PS. The average molecular weight is 630 g/mol. The standard InChI is InChI=1S/C39H52NO2PS/c1-38(2,3)44(41)40(6)35(28-18-10-7-11-19-28)31-24-16-25-32-36(31)42-37-33(39(32,4)5)26-17-27-34(37)43(29-20-12-8-13-21-29)30-22-14-9-15-23-30/h7,10-11,16-19,24-27,29-30,35H,8-9,12-15,20-23H2,1-6H3/t35-,44?/m0/s1. The van der Waals surface area contributed by atoms with Crippen LogP contribution in [0.25, 0.3) is 0 Å². The smallest absolute Gasteiger partial charge is 0.139 e. The highest BCUT2D eigenvalue weighted by molar-refractivity contribution is 7.84. The van der Waals surface area contributed by atoms with Crippen molar-refractivity contribution in [3.8, 4) is 11.5 Å². The first-order valence-corrected chi connectivity index (χ1v) is 19.6. The monoisotopic (exact) mass is 629 g/mol. The van der Waals surface area contributed by atoms with Gasteiger partial charge in [-0.1, -0.05) is 127 Å². The van der Waals surface area contributed by atoms with Crippen LogP contribution in [0.3, 0.4) is 0 Å². The van der Waals surface area contributed by atoms with E-state index in [2.05, 4.69) is 106 Å². The van der Waals surface area contributed by atoms with Gasteiger partial charge in [0, 0.05) is 34.5 Å². The van der Waals surface area contributed by atoms with E-state index in [1.807, 2.05) is 7.05 Å². The lowest BCUT2D eigenvalue weighted by Crippen LogP contribution is -2.38. The maximum absolute atomic E-state index is 13.9. The molecule has 2 saturated carbocycles. The van der Waals surface area contributed by atoms with E-state index < -0.39 is 11.0 Å². The minimum Gasteiger partial charge on any atom is -0.456 e. The Kier molecular flexibility index (Phi) is 9.45. The summed E-state index contributed by atoms with van der Waals surface area (Å²) < 4.78 is 23.0. The van der Waals surface area contributed by atoms with Gasteiger partial charge in [0.05, 0.1) is 10.8 Å². The SMILES string of the molecule is CN([C@@H](c1ccccc1)c1cccc2c1Oc1c(P(C3CCCCC3)C3CCCCC3)cccc1C2(C)C)S(=O)C(C)(C)C. The molecule has 0 N–H and O–H groups in total. The van der Waals surface area contributed by atoms with Crippen molar-refractivity contribution < 1.29 is 8.95 Å². The van der Waals surface area contributed by atoms with Crippen molar-refractivity contribution in [2.24, 2.45) is 0 Å². The lowest BCUT2D eigenvalue weighted by molar-refractivity contribution is 0.389. The molecule has 6 rings (SSSR count). The molecule has 3 aromatic carbocycles. The third-order valence-electron chi connectivity index (χ3n) is 10.4. The number of hydrogen-bond donors (Lipinski definition) is 0. The third kappa shape index (κ3) is 6.08. The van der Waals surface area contributed by atoms with Crippen LogP contribution in [0.5, 0.6) is 11.5 Å². The minimum atomic E-state index is -1.22. The van der Waals surface area contributed by atoms with Crippen molar-refractivity contribution in [2.45, 2.75) is 126 Å². The van der Waals surface area contributed by atoms with Crippen molar-refractivity contribution >= 4 is 24.2 Å². The first kappa shape index (κ1) is 32.0. The number of nitrogens with zero attached hydrogens (tertiary/aromatic N) is 1. The van der Waals surface area contributed by atoms with Crippen LogP contribution in [-0.2, 0) is 16.4 Å². The molecule has 2 atom stereocenters. The topological polar surface area (TPSA) is 29.5 Å². The highest BCUT2D eigenvalue weighted by Gasteiger charge is 2.42. The summed E-state index contributed by atoms with van der Waals surface area (Å²) in [4.78, 5) is 0. The summed E-state index contributed by atoms with van der Waals surface area (Å²) in [5.41, 5.74) is 6.16. The molecule has 0 aromatic heterocycles.